The fraction of sp³-hybridized carbons (Fsp3) is 0.444. The maximum Gasteiger partial charge on any atom is 0.306 e. The van der Waals surface area contributed by atoms with Gasteiger partial charge in [-0.2, -0.15) is 0 Å². The first kappa shape index (κ1) is 16.4. The van der Waals surface area contributed by atoms with Gasteiger partial charge in [0.25, 0.3) is 0 Å². The first-order chi connectivity index (χ1) is 11.5. The Kier molecular flexibility index (Phi) is 4.74. The molecule has 1 aliphatic rings. The summed E-state index contributed by atoms with van der Waals surface area (Å²) < 4.78 is 0. The minimum atomic E-state index is -0.700. The molecule has 0 spiro atoms. The summed E-state index contributed by atoms with van der Waals surface area (Å²) in [5, 5.41) is 9.15. The molecule has 6 nitrogen and oxygen atoms in total. The van der Waals surface area contributed by atoms with Gasteiger partial charge in [0.05, 0.1) is 17.3 Å². The van der Waals surface area contributed by atoms with Crippen molar-refractivity contribution in [3.8, 4) is 11.4 Å². The van der Waals surface area contributed by atoms with Gasteiger partial charge in [-0.25, -0.2) is 9.97 Å². The van der Waals surface area contributed by atoms with Crippen molar-refractivity contribution < 1.29 is 9.90 Å². The lowest BCUT2D eigenvalue weighted by atomic mass is 9.97. The van der Waals surface area contributed by atoms with Crippen molar-refractivity contribution in [2.24, 2.45) is 5.92 Å². The summed E-state index contributed by atoms with van der Waals surface area (Å²) in [4.78, 5) is 27.0. The Bertz CT molecular complexity index is 710. The van der Waals surface area contributed by atoms with Crippen molar-refractivity contribution in [2.45, 2.75) is 32.6 Å². The van der Waals surface area contributed by atoms with Crippen LogP contribution in [0.2, 0.25) is 0 Å². The van der Waals surface area contributed by atoms with Crippen molar-refractivity contribution in [1.82, 2.24) is 15.0 Å². The summed E-state index contributed by atoms with van der Waals surface area (Å²) in [5.41, 5.74) is 1.63. The largest absolute Gasteiger partial charge is 0.481 e. The molecule has 6 heteroatoms. The van der Waals surface area contributed by atoms with Crippen molar-refractivity contribution in [1.29, 1.82) is 0 Å². The van der Waals surface area contributed by atoms with Gasteiger partial charge in [0, 0.05) is 31.3 Å². The van der Waals surface area contributed by atoms with Gasteiger partial charge in [0.15, 0.2) is 0 Å². The maximum absolute atomic E-state index is 11.1. The number of hydrogen-bond donors (Lipinski definition) is 1. The Morgan fingerprint density at radius 1 is 1.21 bits per heavy atom. The second-order valence-corrected chi connectivity index (χ2v) is 6.44. The van der Waals surface area contributed by atoms with Crippen LogP contribution in [-0.2, 0) is 4.79 Å². The number of hydrogen-bond acceptors (Lipinski definition) is 5. The average molecular weight is 326 g/mol. The van der Waals surface area contributed by atoms with Gasteiger partial charge in [-0.1, -0.05) is 19.9 Å². The third kappa shape index (κ3) is 3.53. The number of rotatable bonds is 4. The molecule has 1 saturated heterocycles. The molecule has 0 saturated carbocycles. The van der Waals surface area contributed by atoms with Crippen LogP contribution in [0.25, 0.3) is 11.4 Å². The van der Waals surface area contributed by atoms with Crippen molar-refractivity contribution >= 4 is 11.8 Å². The van der Waals surface area contributed by atoms with E-state index in [1.165, 1.54) is 0 Å². The van der Waals surface area contributed by atoms with Crippen molar-refractivity contribution in [2.75, 3.05) is 18.0 Å². The smallest absolute Gasteiger partial charge is 0.306 e. The fourth-order valence-electron chi connectivity index (χ4n) is 2.87. The maximum atomic E-state index is 11.1. The molecule has 1 fully saturated rings. The zero-order chi connectivity index (χ0) is 17.1. The van der Waals surface area contributed by atoms with E-state index in [4.69, 9.17) is 10.1 Å². The molecule has 0 aliphatic carbocycles. The van der Waals surface area contributed by atoms with Crippen LogP contribution < -0.4 is 4.90 Å². The van der Waals surface area contributed by atoms with Gasteiger partial charge in [-0.3, -0.25) is 9.78 Å². The quantitative estimate of drug-likeness (QED) is 0.930. The highest BCUT2D eigenvalue weighted by molar-refractivity contribution is 5.70. The number of carboxylic acids is 1. The van der Waals surface area contributed by atoms with E-state index < -0.39 is 5.97 Å². The number of pyridine rings is 1. The lowest BCUT2D eigenvalue weighted by Crippen LogP contribution is -2.37. The van der Waals surface area contributed by atoms with Crippen molar-refractivity contribution in [3.63, 3.8) is 0 Å². The third-order valence-electron chi connectivity index (χ3n) is 4.34. The monoisotopic (exact) mass is 326 g/mol. The molecule has 3 heterocycles. The summed E-state index contributed by atoms with van der Waals surface area (Å²) in [6, 6.07) is 7.71. The highest BCUT2D eigenvalue weighted by Crippen LogP contribution is 2.26. The average Bonchev–Trinajstić information content (AvgIpc) is 2.62. The van der Waals surface area contributed by atoms with Gasteiger partial charge in [-0.15, -0.1) is 0 Å². The second kappa shape index (κ2) is 6.95. The minimum absolute atomic E-state index is 0.212. The predicted octanol–water partition coefficient (Wildman–Crippen LogP) is 2.96. The molecular weight excluding hydrogens is 304 g/mol. The van der Waals surface area contributed by atoms with Crippen LogP contribution in [0.5, 0.6) is 0 Å². The lowest BCUT2D eigenvalue weighted by Gasteiger charge is -2.31. The minimum Gasteiger partial charge on any atom is -0.481 e. The highest BCUT2D eigenvalue weighted by atomic mass is 16.4. The zero-order valence-corrected chi connectivity index (χ0v) is 14.0. The topological polar surface area (TPSA) is 79.2 Å². The molecule has 0 aromatic carbocycles. The Morgan fingerprint density at radius 2 is 1.96 bits per heavy atom. The Morgan fingerprint density at radius 3 is 2.54 bits per heavy atom. The number of carbonyl (C=O) groups is 1. The van der Waals surface area contributed by atoms with Crippen LogP contribution in [0.1, 0.15) is 38.4 Å². The standard InChI is InChI=1S/C18H22N4O2/c1-12(2)17-20-15(14-5-3-4-8-19-14)11-16(21-17)22-9-6-13(7-10-22)18(23)24/h3-5,8,11-13H,6-7,9-10H2,1-2H3,(H,23,24). The Labute approximate surface area is 141 Å². The molecule has 0 unspecified atom stereocenters. The van der Waals surface area contributed by atoms with Gasteiger partial charge in [0.2, 0.25) is 0 Å². The molecule has 0 atom stereocenters. The highest BCUT2D eigenvalue weighted by Gasteiger charge is 2.26. The zero-order valence-electron chi connectivity index (χ0n) is 14.0. The predicted molar refractivity (Wildman–Crippen MR) is 91.9 cm³/mol. The first-order valence-electron chi connectivity index (χ1n) is 8.32. The number of aliphatic carboxylic acids is 1. The third-order valence-corrected chi connectivity index (χ3v) is 4.34. The second-order valence-electron chi connectivity index (χ2n) is 6.44. The molecule has 1 aliphatic heterocycles. The molecule has 24 heavy (non-hydrogen) atoms. The summed E-state index contributed by atoms with van der Waals surface area (Å²) in [7, 11) is 0. The molecule has 0 radical (unpaired) electrons. The molecular formula is C18H22N4O2. The lowest BCUT2D eigenvalue weighted by molar-refractivity contribution is -0.142. The number of nitrogens with zero attached hydrogens (tertiary/aromatic N) is 4. The Balaban J connectivity index is 1.90. The summed E-state index contributed by atoms with van der Waals surface area (Å²) in [6.45, 7) is 5.54. The van der Waals surface area contributed by atoms with E-state index in [1.807, 2.05) is 24.3 Å². The van der Waals surface area contributed by atoms with E-state index in [0.717, 1.165) is 23.0 Å². The molecule has 1 N–H and O–H groups in total. The van der Waals surface area contributed by atoms with E-state index in [1.54, 1.807) is 6.20 Å². The number of aromatic nitrogens is 3. The van der Waals surface area contributed by atoms with E-state index >= 15 is 0 Å². The summed E-state index contributed by atoms with van der Waals surface area (Å²) in [6.07, 6.45) is 3.05. The molecule has 2 aromatic rings. The molecule has 126 valence electrons. The summed E-state index contributed by atoms with van der Waals surface area (Å²) >= 11 is 0. The van der Waals surface area contributed by atoms with Gasteiger partial charge >= 0.3 is 5.97 Å². The number of piperidine rings is 1. The SMILES string of the molecule is CC(C)c1nc(-c2ccccn2)cc(N2CCC(C(=O)O)CC2)n1. The molecule has 3 rings (SSSR count). The molecule has 0 bridgehead atoms. The van der Waals surface area contributed by atoms with Crippen LogP contribution in [0, 0.1) is 5.92 Å². The van der Waals surface area contributed by atoms with Crippen molar-refractivity contribution in [3.05, 3.63) is 36.3 Å². The number of anilines is 1. The van der Waals surface area contributed by atoms with Crippen LogP contribution in [0.15, 0.2) is 30.5 Å². The van der Waals surface area contributed by atoms with Gasteiger partial charge in [0.1, 0.15) is 11.6 Å². The van der Waals surface area contributed by atoms with E-state index in [-0.39, 0.29) is 11.8 Å². The number of carboxylic acid groups (broad SMARTS) is 1. The first-order valence-corrected chi connectivity index (χ1v) is 8.32. The van der Waals surface area contributed by atoms with Crippen LogP contribution in [0.4, 0.5) is 5.82 Å². The Hall–Kier alpha value is -2.50. The molecule has 2 aromatic heterocycles. The normalized spacial score (nSPS) is 15.7. The van der Waals surface area contributed by atoms with Crippen LogP contribution >= 0.6 is 0 Å². The van der Waals surface area contributed by atoms with Crippen LogP contribution in [0.3, 0.4) is 0 Å². The van der Waals surface area contributed by atoms with Crippen LogP contribution in [-0.4, -0.2) is 39.1 Å². The molecule has 0 amide bonds. The van der Waals surface area contributed by atoms with E-state index in [9.17, 15) is 4.79 Å². The van der Waals surface area contributed by atoms with E-state index in [2.05, 4.69) is 28.7 Å². The van der Waals surface area contributed by atoms with Gasteiger partial charge in [-0.05, 0) is 25.0 Å². The van der Waals surface area contributed by atoms with E-state index in [0.29, 0.717) is 25.9 Å². The van der Waals surface area contributed by atoms with Gasteiger partial charge < -0.3 is 10.0 Å². The summed E-state index contributed by atoms with van der Waals surface area (Å²) in [5.74, 6) is 0.910. The fourth-order valence-corrected chi connectivity index (χ4v) is 2.87.